The van der Waals surface area contributed by atoms with E-state index in [-0.39, 0.29) is 18.4 Å². The van der Waals surface area contributed by atoms with Crippen molar-refractivity contribution in [2.75, 3.05) is 20.2 Å². The molecule has 0 aliphatic carbocycles. The Kier molecular flexibility index (Phi) is 5.67. The minimum Gasteiger partial charge on any atom is -0.497 e. The Morgan fingerprint density at radius 2 is 1.81 bits per heavy atom. The number of carbonyl (C=O) groups is 3. The first-order valence-electron chi connectivity index (χ1n) is 10.5. The monoisotopic (exact) mass is 421 g/mol. The van der Waals surface area contributed by atoms with Crippen LogP contribution in [0.5, 0.6) is 5.75 Å². The van der Waals surface area contributed by atoms with Crippen molar-refractivity contribution in [2.24, 2.45) is 0 Å². The van der Waals surface area contributed by atoms with Gasteiger partial charge < -0.3 is 15.0 Å². The van der Waals surface area contributed by atoms with Gasteiger partial charge in [-0.3, -0.25) is 14.5 Å². The molecule has 4 rings (SSSR count). The van der Waals surface area contributed by atoms with Gasteiger partial charge in [-0.2, -0.15) is 0 Å². The van der Waals surface area contributed by atoms with E-state index in [0.717, 1.165) is 28.2 Å². The van der Waals surface area contributed by atoms with Crippen molar-refractivity contribution in [3.8, 4) is 5.75 Å². The van der Waals surface area contributed by atoms with Crippen LogP contribution in [-0.2, 0) is 29.0 Å². The molecule has 0 unspecified atom stereocenters. The summed E-state index contributed by atoms with van der Waals surface area (Å²) < 4.78 is 5.16. The first-order chi connectivity index (χ1) is 14.9. The van der Waals surface area contributed by atoms with Gasteiger partial charge in [0.1, 0.15) is 17.8 Å². The van der Waals surface area contributed by atoms with Crippen LogP contribution in [0, 0.1) is 0 Å². The highest BCUT2D eigenvalue weighted by atomic mass is 16.5. The molecule has 2 aliphatic heterocycles. The number of amides is 4. The van der Waals surface area contributed by atoms with Gasteiger partial charge in [-0.25, -0.2) is 4.79 Å². The predicted molar refractivity (Wildman–Crippen MR) is 116 cm³/mol. The second-order valence-electron chi connectivity index (χ2n) is 8.34. The summed E-state index contributed by atoms with van der Waals surface area (Å²) in [6, 6.07) is 15.2. The van der Waals surface area contributed by atoms with E-state index in [1.807, 2.05) is 42.5 Å². The van der Waals surface area contributed by atoms with Crippen LogP contribution in [0.4, 0.5) is 4.79 Å². The number of urea groups is 1. The number of imide groups is 1. The third-order valence-electron chi connectivity index (χ3n) is 6.19. The summed E-state index contributed by atoms with van der Waals surface area (Å²) in [6.45, 7) is 2.59. The molecule has 2 aromatic carbocycles. The number of benzene rings is 2. The van der Waals surface area contributed by atoms with Gasteiger partial charge in [-0.05, 0) is 55.0 Å². The molecule has 2 heterocycles. The Hall–Kier alpha value is -3.35. The zero-order valence-electron chi connectivity index (χ0n) is 17.9. The molecule has 1 fully saturated rings. The molecule has 0 aromatic heterocycles. The SMILES string of the molecule is COc1ccc(CC[C@]2(C)NC(=O)N(CC(=O)N3CCc4ccccc4C3)C2=O)cc1. The van der Waals surface area contributed by atoms with Crippen LogP contribution >= 0.6 is 0 Å². The van der Waals surface area contributed by atoms with Crippen molar-refractivity contribution in [3.05, 3.63) is 65.2 Å². The molecule has 31 heavy (non-hydrogen) atoms. The highest BCUT2D eigenvalue weighted by Crippen LogP contribution is 2.25. The smallest absolute Gasteiger partial charge is 0.325 e. The number of nitrogens with zero attached hydrogens (tertiary/aromatic N) is 2. The number of methoxy groups -OCH3 is 1. The number of nitrogens with one attached hydrogen (secondary N) is 1. The van der Waals surface area contributed by atoms with Crippen molar-refractivity contribution >= 4 is 17.8 Å². The molecule has 162 valence electrons. The molecule has 7 heteroatoms. The minimum atomic E-state index is -1.02. The Labute approximate surface area is 182 Å². The second-order valence-corrected chi connectivity index (χ2v) is 8.34. The molecule has 2 aromatic rings. The molecule has 1 N–H and O–H groups in total. The molecule has 0 saturated carbocycles. The first kappa shape index (κ1) is 20.9. The third-order valence-corrected chi connectivity index (χ3v) is 6.19. The van der Waals surface area contributed by atoms with Gasteiger partial charge in [0.2, 0.25) is 5.91 Å². The lowest BCUT2D eigenvalue weighted by Gasteiger charge is -2.30. The molecule has 1 atom stereocenters. The molecule has 0 bridgehead atoms. The molecule has 4 amide bonds. The van der Waals surface area contributed by atoms with E-state index in [1.54, 1.807) is 18.9 Å². The van der Waals surface area contributed by atoms with Gasteiger partial charge in [-0.1, -0.05) is 36.4 Å². The standard InChI is InChI=1S/C24H27N3O4/c1-24(13-11-17-7-9-20(31-2)10-8-17)22(29)27(23(30)25-24)16-21(28)26-14-12-18-5-3-4-6-19(18)15-26/h3-10H,11-16H2,1-2H3,(H,25,30)/t24-/m0/s1. The predicted octanol–water partition coefficient (Wildman–Crippen LogP) is 2.52. The van der Waals surface area contributed by atoms with Crippen LogP contribution in [0.2, 0.25) is 0 Å². The molecule has 0 radical (unpaired) electrons. The topological polar surface area (TPSA) is 79.0 Å². The lowest BCUT2D eigenvalue weighted by atomic mass is 9.93. The molecule has 0 spiro atoms. The van der Waals surface area contributed by atoms with Crippen LogP contribution in [0.25, 0.3) is 0 Å². The lowest BCUT2D eigenvalue weighted by Crippen LogP contribution is -2.46. The van der Waals surface area contributed by atoms with E-state index < -0.39 is 11.6 Å². The number of hydrogen-bond donors (Lipinski definition) is 1. The van der Waals surface area contributed by atoms with Crippen LogP contribution in [0.1, 0.15) is 30.0 Å². The summed E-state index contributed by atoms with van der Waals surface area (Å²) in [7, 11) is 1.61. The maximum Gasteiger partial charge on any atom is 0.325 e. The summed E-state index contributed by atoms with van der Waals surface area (Å²) in [4.78, 5) is 41.2. The van der Waals surface area contributed by atoms with E-state index in [0.29, 0.717) is 25.9 Å². The fraction of sp³-hybridized carbons (Fsp3) is 0.375. The minimum absolute atomic E-state index is 0.211. The molecule has 2 aliphatic rings. The number of hydrogen-bond acceptors (Lipinski definition) is 4. The Bertz CT molecular complexity index is 1000. The normalized spacial score (nSPS) is 20.5. The first-order valence-corrected chi connectivity index (χ1v) is 10.5. The second kappa shape index (κ2) is 8.41. The Balaban J connectivity index is 1.37. The van der Waals surface area contributed by atoms with Crippen molar-refractivity contribution < 1.29 is 19.1 Å². The van der Waals surface area contributed by atoms with Gasteiger partial charge in [0, 0.05) is 13.1 Å². The molecular formula is C24H27N3O4. The number of aryl methyl sites for hydroxylation is 1. The summed E-state index contributed by atoms with van der Waals surface area (Å²) in [5, 5.41) is 2.79. The average Bonchev–Trinajstić information content (AvgIpc) is 3.01. The van der Waals surface area contributed by atoms with E-state index in [4.69, 9.17) is 4.74 Å². The largest absolute Gasteiger partial charge is 0.497 e. The number of carbonyl (C=O) groups excluding carboxylic acids is 3. The molecule has 7 nitrogen and oxygen atoms in total. The maximum atomic E-state index is 13.0. The quantitative estimate of drug-likeness (QED) is 0.727. The van der Waals surface area contributed by atoms with E-state index in [1.165, 1.54) is 5.56 Å². The fourth-order valence-electron chi connectivity index (χ4n) is 4.19. The fourth-order valence-corrected chi connectivity index (χ4v) is 4.19. The van der Waals surface area contributed by atoms with Crippen molar-refractivity contribution in [1.29, 1.82) is 0 Å². The van der Waals surface area contributed by atoms with E-state index in [9.17, 15) is 14.4 Å². The lowest BCUT2D eigenvalue weighted by molar-refractivity contribution is -0.139. The highest BCUT2D eigenvalue weighted by molar-refractivity contribution is 6.08. The van der Waals surface area contributed by atoms with Crippen molar-refractivity contribution in [2.45, 2.75) is 38.3 Å². The summed E-state index contributed by atoms with van der Waals surface area (Å²) in [6.07, 6.45) is 1.85. The summed E-state index contributed by atoms with van der Waals surface area (Å²) in [5.74, 6) is 0.208. The average molecular weight is 421 g/mol. The third kappa shape index (κ3) is 4.26. The molecule has 1 saturated heterocycles. The van der Waals surface area contributed by atoms with Gasteiger partial charge in [0.05, 0.1) is 7.11 Å². The van der Waals surface area contributed by atoms with Crippen LogP contribution in [0.15, 0.2) is 48.5 Å². The number of ether oxygens (including phenoxy) is 1. The summed E-state index contributed by atoms with van der Waals surface area (Å²) in [5.41, 5.74) is 2.38. The zero-order chi connectivity index (χ0) is 22.0. The van der Waals surface area contributed by atoms with Crippen LogP contribution in [0.3, 0.4) is 0 Å². The molecular weight excluding hydrogens is 394 g/mol. The van der Waals surface area contributed by atoms with Crippen LogP contribution < -0.4 is 10.1 Å². The number of fused-ring (bicyclic) bond motifs is 1. The van der Waals surface area contributed by atoms with Gasteiger partial charge >= 0.3 is 6.03 Å². The van der Waals surface area contributed by atoms with Crippen LogP contribution in [-0.4, -0.2) is 53.4 Å². The van der Waals surface area contributed by atoms with Gasteiger partial charge in [0.15, 0.2) is 0 Å². The van der Waals surface area contributed by atoms with Gasteiger partial charge in [-0.15, -0.1) is 0 Å². The summed E-state index contributed by atoms with van der Waals surface area (Å²) >= 11 is 0. The van der Waals surface area contributed by atoms with Crippen molar-refractivity contribution in [3.63, 3.8) is 0 Å². The maximum absolute atomic E-state index is 13.0. The van der Waals surface area contributed by atoms with Crippen molar-refractivity contribution in [1.82, 2.24) is 15.1 Å². The Morgan fingerprint density at radius 3 is 2.52 bits per heavy atom. The Morgan fingerprint density at radius 1 is 1.10 bits per heavy atom. The van der Waals surface area contributed by atoms with Gasteiger partial charge in [0.25, 0.3) is 5.91 Å². The zero-order valence-corrected chi connectivity index (χ0v) is 17.9. The highest BCUT2D eigenvalue weighted by Gasteiger charge is 2.48. The number of rotatable bonds is 6. The van der Waals surface area contributed by atoms with E-state index >= 15 is 0 Å². The van der Waals surface area contributed by atoms with E-state index in [2.05, 4.69) is 11.4 Å².